The molecular formula is C50H39NS. The zero-order chi connectivity index (χ0) is 61.3. The van der Waals surface area contributed by atoms with Crippen molar-refractivity contribution in [2.75, 3.05) is 4.90 Å². The number of benzene rings is 8. The van der Waals surface area contributed by atoms with Gasteiger partial charge in [-0.15, -0.1) is 11.3 Å². The van der Waals surface area contributed by atoms with Gasteiger partial charge in [0, 0.05) is 26.8 Å². The minimum Gasteiger partial charge on any atom is -0.309 e. The molecule has 9 rings (SSSR count). The van der Waals surface area contributed by atoms with Crippen molar-refractivity contribution in [2.45, 2.75) is 26.2 Å². The van der Waals surface area contributed by atoms with E-state index >= 15 is 0 Å². The smallest absolute Gasteiger partial charge is 0.0645 e. The highest BCUT2D eigenvalue weighted by Gasteiger charge is 2.19. The summed E-state index contributed by atoms with van der Waals surface area (Å²) in [5.74, 6) is 0. The van der Waals surface area contributed by atoms with Gasteiger partial charge in [0.05, 0.1) is 51.5 Å². The van der Waals surface area contributed by atoms with Gasteiger partial charge in [-0.05, 0) is 91.4 Å². The normalized spacial score (nSPS) is 19.8. The summed E-state index contributed by atoms with van der Waals surface area (Å²) in [6.45, 7) is 4.95. The maximum absolute atomic E-state index is 9.73. The SMILES string of the molecule is [2H]c1c([2H])c([2H])c(-c2c([2H])c([2H])c(N(c3c([2H])c([2H])c(-c4c([2H])c([2H])c([2H])c5c([2H])c([2H])c([2H])c([2H])c45)c([2H])c3[2H])c3c([2H])c([2H])c([2H])c4c3sc3c([2H])c(-c5c([2H])c([2H])c(C(C)(C)C)c([2H])c5[2H])c([2H])c([2H])c34)c([2H])c2[2H])c([2H])c1[2H]. The Balaban J connectivity index is 1.50. The molecule has 0 aliphatic heterocycles. The highest BCUT2D eigenvalue weighted by atomic mass is 32.1. The molecule has 0 aliphatic rings. The van der Waals surface area contributed by atoms with E-state index in [2.05, 4.69) is 0 Å². The molecule has 0 bridgehead atoms. The molecule has 9 aromatic rings. The second-order valence-electron chi connectivity index (χ2n) is 12.3. The van der Waals surface area contributed by atoms with Crippen molar-refractivity contribution in [2.24, 2.45) is 0 Å². The molecule has 0 aliphatic carbocycles. The van der Waals surface area contributed by atoms with Crippen molar-refractivity contribution >= 4 is 59.3 Å². The molecule has 0 atom stereocenters. The molecule has 0 saturated heterocycles. The summed E-state index contributed by atoms with van der Waals surface area (Å²) in [5.41, 5.74) is -8.40. The maximum atomic E-state index is 9.73. The van der Waals surface area contributed by atoms with Crippen molar-refractivity contribution in [1.29, 1.82) is 0 Å². The van der Waals surface area contributed by atoms with Crippen LogP contribution in [0.25, 0.3) is 64.3 Å². The first-order chi connectivity index (χ1) is 37.9. The molecular weight excluding hydrogens is 647 g/mol. The largest absolute Gasteiger partial charge is 0.309 e. The monoisotopic (exact) mass is 715 g/mol. The highest BCUT2D eigenvalue weighted by molar-refractivity contribution is 7.26. The third kappa shape index (κ3) is 5.86. The van der Waals surface area contributed by atoms with Gasteiger partial charge in [-0.1, -0.05) is 166 Å². The van der Waals surface area contributed by atoms with E-state index in [-0.39, 0.29) is 10.3 Å². The molecule has 0 fully saturated rings. The maximum Gasteiger partial charge on any atom is 0.0645 e. The molecule has 1 heterocycles. The van der Waals surface area contributed by atoms with Crippen molar-refractivity contribution in [1.82, 2.24) is 0 Å². The lowest BCUT2D eigenvalue weighted by Crippen LogP contribution is -2.10. The van der Waals surface area contributed by atoms with Gasteiger partial charge in [0.15, 0.2) is 0 Å². The summed E-state index contributed by atoms with van der Waals surface area (Å²) >= 11 is 0.441. The molecule has 52 heavy (non-hydrogen) atoms. The van der Waals surface area contributed by atoms with E-state index in [1.807, 2.05) is 0 Å². The van der Waals surface area contributed by atoms with Crippen LogP contribution in [-0.2, 0) is 5.41 Å². The highest BCUT2D eigenvalue weighted by Crippen LogP contribution is 2.46. The minimum absolute atomic E-state index is 0.00100. The summed E-state index contributed by atoms with van der Waals surface area (Å²) in [6, 6.07) is -28.1. The summed E-state index contributed by atoms with van der Waals surface area (Å²) in [5, 5.41) is -2.22. The molecule has 0 spiro atoms. The summed E-state index contributed by atoms with van der Waals surface area (Å²) in [4.78, 5) is 0.493. The van der Waals surface area contributed by atoms with Crippen LogP contribution < -0.4 is 4.90 Å². The Hall–Kier alpha value is -5.96. The Morgan fingerprint density at radius 1 is 0.462 bits per heavy atom. The first-order valence-electron chi connectivity index (χ1n) is 30.6. The molecule has 0 unspecified atom stereocenters. The average Bonchev–Trinajstić information content (AvgIpc) is 3.97. The van der Waals surface area contributed by atoms with Crippen LogP contribution in [0.2, 0.25) is 0 Å². The van der Waals surface area contributed by atoms with Crippen LogP contribution >= 0.6 is 11.3 Å². The third-order valence-corrected chi connectivity index (χ3v) is 8.99. The van der Waals surface area contributed by atoms with E-state index in [9.17, 15) is 19.2 Å². The fourth-order valence-corrected chi connectivity index (χ4v) is 6.40. The molecule has 2 heteroatoms. The number of hydrogen-bond donors (Lipinski definition) is 0. The number of thiophene rings is 1. The second kappa shape index (κ2) is 13.0. The lowest BCUT2D eigenvalue weighted by Gasteiger charge is -2.26. The van der Waals surface area contributed by atoms with Crippen molar-refractivity contribution in [3.63, 3.8) is 0 Å². The summed E-state index contributed by atoms with van der Waals surface area (Å²) in [7, 11) is 0. The van der Waals surface area contributed by atoms with Crippen LogP contribution in [0.3, 0.4) is 0 Å². The fourth-order valence-electron chi connectivity index (χ4n) is 5.29. The van der Waals surface area contributed by atoms with Gasteiger partial charge in [-0.3, -0.25) is 0 Å². The molecule has 0 radical (unpaired) electrons. The zero-order valence-corrected chi connectivity index (χ0v) is 28.2. The topological polar surface area (TPSA) is 3.24 Å². The van der Waals surface area contributed by atoms with Crippen molar-refractivity contribution < 1.29 is 41.1 Å². The van der Waals surface area contributed by atoms with Crippen molar-refractivity contribution in [3.05, 3.63) is 187 Å². The number of hydrogen-bond acceptors (Lipinski definition) is 2. The Bertz CT molecular complexity index is 4320. The molecule has 250 valence electrons. The Morgan fingerprint density at radius 2 is 1.02 bits per heavy atom. The van der Waals surface area contributed by atoms with Gasteiger partial charge < -0.3 is 4.90 Å². The van der Waals surface area contributed by atoms with E-state index < -0.39 is 263 Å². The van der Waals surface area contributed by atoms with Crippen LogP contribution in [0.5, 0.6) is 0 Å². The van der Waals surface area contributed by atoms with Gasteiger partial charge >= 0.3 is 0 Å². The number of rotatable bonds is 6. The van der Waals surface area contributed by atoms with E-state index in [0.29, 0.717) is 16.2 Å². The van der Waals surface area contributed by atoms with E-state index in [1.165, 1.54) is 0 Å². The van der Waals surface area contributed by atoms with Crippen LogP contribution in [0, 0.1) is 0 Å². The van der Waals surface area contributed by atoms with Crippen LogP contribution in [0.1, 0.15) is 67.5 Å². The minimum atomic E-state index is -1.23. The predicted molar refractivity (Wildman–Crippen MR) is 227 cm³/mol. The lowest BCUT2D eigenvalue weighted by atomic mass is 9.86. The Morgan fingerprint density at radius 3 is 1.75 bits per heavy atom. The quantitative estimate of drug-likeness (QED) is 0.166. The Kier molecular flexibility index (Phi) is 3.30. The first kappa shape index (κ1) is 13.2. The van der Waals surface area contributed by atoms with Gasteiger partial charge in [-0.25, -0.2) is 0 Å². The lowest BCUT2D eigenvalue weighted by molar-refractivity contribution is 0.590. The van der Waals surface area contributed by atoms with Crippen LogP contribution in [0.15, 0.2) is 181 Å². The van der Waals surface area contributed by atoms with Gasteiger partial charge in [-0.2, -0.15) is 0 Å². The Labute approximate surface area is 352 Å². The molecule has 0 N–H and O–H groups in total. The van der Waals surface area contributed by atoms with Crippen LogP contribution in [0.4, 0.5) is 17.1 Å². The molecule has 1 nitrogen and oxygen atoms in total. The number of nitrogens with zero attached hydrogens (tertiary/aromatic N) is 1. The zero-order valence-electron chi connectivity index (χ0n) is 57.4. The second-order valence-corrected chi connectivity index (χ2v) is 13.3. The first-order valence-corrected chi connectivity index (χ1v) is 16.4. The predicted octanol–water partition coefficient (Wildman–Crippen LogP) is 15.0. The number of anilines is 3. The van der Waals surface area contributed by atoms with E-state index in [0.717, 1.165) is 0 Å². The molecule has 0 amide bonds. The fraction of sp³-hybridized carbons (Fsp3) is 0.0800. The van der Waals surface area contributed by atoms with Gasteiger partial charge in [0.1, 0.15) is 0 Å². The van der Waals surface area contributed by atoms with E-state index in [1.54, 1.807) is 20.8 Å². The molecule has 8 aromatic carbocycles. The average molecular weight is 716 g/mol. The standard InChI is InChI=1S/C50H39NS/c1-50(2,3)40-26-19-36(20-27-40)39-25-32-45-46-17-10-18-47(49(46)52-48(45)33-39)51(41-28-21-35(22-29-41)34-11-5-4-6-12-34)42-30-23-38(24-31-42)44-16-9-14-37-13-7-8-15-43(37)44/h4-33H,1-3H3/i4D,5D,6D,7D,8D,9D,10D,11D,12D,13D,14D,15D,16D,17D,18D,19D,20D,21D,22D,23D,24D,25D,26D,27D,28D,29D,30D,31D,32D,33D. The van der Waals surface area contributed by atoms with Gasteiger partial charge in [0.2, 0.25) is 0 Å². The summed E-state index contributed by atoms with van der Waals surface area (Å²) in [6.07, 6.45) is 0. The molecule has 0 saturated carbocycles. The summed E-state index contributed by atoms with van der Waals surface area (Å²) < 4.78 is 271. The van der Waals surface area contributed by atoms with Gasteiger partial charge in [0.25, 0.3) is 0 Å². The third-order valence-electron chi connectivity index (χ3n) is 7.87. The molecule has 1 aromatic heterocycles. The van der Waals surface area contributed by atoms with Crippen molar-refractivity contribution in [3.8, 4) is 33.4 Å². The van der Waals surface area contributed by atoms with E-state index in [4.69, 9.17) is 21.9 Å². The number of fused-ring (bicyclic) bond motifs is 4. The van der Waals surface area contributed by atoms with Crippen LogP contribution in [-0.4, -0.2) is 0 Å².